The number of nitrogens with two attached hydrogens (primary N) is 1. The van der Waals surface area contributed by atoms with Gasteiger partial charge in [-0.05, 0) is 25.3 Å². The van der Waals surface area contributed by atoms with Crippen molar-refractivity contribution in [2.45, 2.75) is 27.2 Å². The van der Waals surface area contributed by atoms with Gasteiger partial charge >= 0.3 is 0 Å². The van der Waals surface area contributed by atoms with Crippen LogP contribution in [0.1, 0.15) is 25.3 Å². The lowest BCUT2D eigenvalue weighted by Gasteiger charge is -2.19. The predicted octanol–water partition coefficient (Wildman–Crippen LogP) is 1.51. The Labute approximate surface area is 72.9 Å². The largest absolute Gasteiger partial charge is 0.361 e. The molecule has 0 spiro atoms. The van der Waals surface area contributed by atoms with E-state index in [0.29, 0.717) is 6.54 Å². The third-order valence-corrected chi connectivity index (χ3v) is 1.89. The normalized spacial score (nSPS) is 12.0. The molecule has 1 rings (SSSR count). The lowest BCUT2D eigenvalue weighted by Crippen LogP contribution is -2.25. The van der Waals surface area contributed by atoms with Gasteiger partial charge in [-0.25, -0.2) is 0 Å². The molecule has 0 unspecified atom stereocenters. The summed E-state index contributed by atoms with van der Waals surface area (Å²) in [5.41, 5.74) is 6.71. The molecule has 0 saturated heterocycles. The fourth-order valence-electron chi connectivity index (χ4n) is 1.06. The fourth-order valence-corrected chi connectivity index (χ4v) is 1.06. The van der Waals surface area contributed by atoms with E-state index in [1.54, 1.807) is 0 Å². The zero-order chi connectivity index (χ0) is 9.19. The molecule has 68 valence electrons. The summed E-state index contributed by atoms with van der Waals surface area (Å²) < 4.78 is 4.96. The van der Waals surface area contributed by atoms with Crippen molar-refractivity contribution in [1.82, 2.24) is 5.16 Å². The van der Waals surface area contributed by atoms with E-state index in [0.717, 1.165) is 17.9 Å². The second-order valence-electron chi connectivity index (χ2n) is 3.97. The van der Waals surface area contributed by atoms with E-state index in [1.165, 1.54) is 0 Å². The summed E-state index contributed by atoms with van der Waals surface area (Å²) in [4.78, 5) is 0. The summed E-state index contributed by atoms with van der Waals surface area (Å²) in [5, 5.41) is 3.92. The first-order valence-electron chi connectivity index (χ1n) is 4.16. The Kier molecular flexibility index (Phi) is 2.52. The molecule has 0 bridgehead atoms. The molecular formula is C9H16N2O. The number of aromatic nitrogens is 1. The van der Waals surface area contributed by atoms with Gasteiger partial charge in [0, 0.05) is 6.07 Å². The zero-order valence-corrected chi connectivity index (χ0v) is 7.92. The molecule has 1 aromatic heterocycles. The molecule has 0 fully saturated rings. The van der Waals surface area contributed by atoms with E-state index in [4.69, 9.17) is 10.3 Å². The first-order chi connectivity index (χ1) is 5.53. The maximum absolute atomic E-state index is 5.60. The summed E-state index contributed by atoms with van der Waals surface area (Å²) in [5.74, 6) is 0.859. The molecule has 0 aliphatic rings. The molecule has 1 heterocycles. The van der Waals surface area contributed by atoms with Crippen LogP contribution in [0.25, 0.3) is 0 Å². The van der Waals surface area contributed by atoms with Crippen molar-refractivity contribution in [2.75, 3.05) is 6.54 Å². The Morgan fingerprint density at radius 3 is 2.67 bits per heavy atom. The van der Waals surface area contributed by atoms with E-state index < -0.39 is 0 Å². The summed E-state index contributed by atoms with van der Waals surface area (Å²) >= 11 is 0. The summed E-state index contributed by atoms with van der Waals surface area (Å²) in [6.45, 7) is 6.80. The second kappa shape index (κ2) is 3.27. The molecule has 0 aliphatic heterocycles. The topological polar surface area (TPSA) is 52.0 Å². The van der Waals surface area contributed by atoms with Gasteiger partial charge in [-0.2, -0.15) is 0 Å². The Morgan fingerprint density at radius 1 is 1.58 bits per heavy atom. The predicted molar refractivity (Wildman–Crippen MR) is 47.8 cm³/mol. The van der Waals surface area contributed by atoms with Gasteiger partial charge < -0.3 is 10.3 Å². The number of hydrogen-bond acceptors (Lipinski definition) is 3. The van der Waals surface area contributed by atoms with Crippen molar-refractivity contribution in [2.24, 2.45) is 11.1 Å². The Morgan fingerprint density at radius 2 is 2.25 bits per heavy atom. The van der Waals surface area contributed by atoms with E-state index in [2.05, 4.69) is 19.0 Å². The third-order valence-electron chi connectivity index (χ3n) is 1.89. The van der Waals surface area contributed by atoms with Gasteiger partial charge in [-0.15, -0.1) is 0 Å². The molecular weight excluding hydrogens is 152 g/mol. The quantitative estimate of drug-likeness (QED) is 0.744. The van der Waals surface area contributed by atoms with Crippen LogP contribution in [-0.2, 0) is 6.42 Å². The highest BCUT2D eigenvalue weighted by molar-refractivity contribution is 5.05. The molecule has 12 heavy (non-hydrogen) atoms. The summed E-state index contributed by atoms with van der Waals surface area (Å²) in [7, 11) is 0. The highest BCUT2D eigenvalue weighted by Crippen LogP contribution is 2.19. The molecule has 3 heteroatoms. The minimum absolute atomic E-state index is 0.114. The number of hydrogen-bond donors (Lipinski definition) is 1. The molecule has 0 saturated carbocycles. The fraction of sp³-hybridized carbons (Fsp3) is 0.667. The van der Waals surface area contributed by atoms with Crippen LogP contribution in [0.5, 0.6) is 0 Å². The van der Waals surface area contributed by atoms with Gasteiger partial charge in [-0.1, -0.05) is 19.0 Å². The molecule has 2 N–H and O–H groups in total. The molecule has 0 aliphatic carbocycles. The minimum atomic E-state index is 0.114. The molecule has 0 radical (unpaired) electrons. The Hall–Kier alpha value is -0.830. The van der Waals surface area contributed by atoms with Gasteiger partial charge in [0.25, 0.3) is 0 Å². The number of nitrogens with zero attached hydrogens (tertiary/aromatic N) is 1. The second-order valence-corrected chi connectivity index (χ2v) is 3.97. The summed E-state index contributed by atoms with van der Waals surface area (Å²) in [6, 6.07) is 1.96. The van der Waals surface area contributed by atoms with Crippen molar-refractivity contribution >= 4 is 0 Å². The zero-order valence-electron chi connectivity index (χ0n) is 7.92. The van der Waals surface area contributed by atoms with Gasteiger partial charge in [0.1, 0.15) is 5.76 Å². The van der Waals surface area contributed by atoms with Crippen molar-refractivity contribution in [3.8, 4) is 0 Å². The molecule has 0 aromatic carbocycles. The lowest BCUT2D eigenvalue weighted by atomic mass is 9.88. The van der Waals surface area contributed by atoms with Crippen molar-refractivity contribution < 1.29 is 4.52 Å². The van der Waals surface area contributed by atoms with Crippen molar-refractivity contribution in [3.05, 3.63) is 17.5 Å². The van der Waals surface area contributed by atoms with Crippen molar-refractivity contribution in [3.63, 3.8) is 0 Å². The van der Waals surface area contributed by atoms with E-state index in [1.807, 2.05) is 13.0 Å². The van der Waals surface area contributed by atoms with Crippen LogP contribution in [0.15, 0.2) is 10.6 Å². The van der Waals surface area contributed by atoms with Gasteiger partial charge in [0.05, 0.1) is 5.69 Å². The highest BCUT2D eigenvalue weighted by atomic mass is 16.5. The van der Waals surface area contributed by atoms with Crippen LogP contribution in [0.4, 0.5) is 0 Å². The average molecular weight is 168 g/mol. The summed E-state index contributed by atoms with van der Waals surface area (Å²) in [6.07, 6.45) is 0.876. The first-order valence-corrected chi connectivity index (χ1v) is 4.16. The van der Waals surface area contributed by atoms with Crippen LogP contribution in [0.2, 0.25) is 0 Å². The first kappa shape index (κ1) is 9.26. The van der Waals surface area contributed by atoms with Crippen LogP contribution in [0, 0.1) is 12.3 Å². The smallest absolute Gasteiger partial charge is 0.133 e. The number of rotatable bonds is 3. The monoisotopic (exact) mass is 168 g/mol. The molecule has 0 amide bonds. The minimum Gasteiger partial charge on any atom is -0.361 e. The third kappa shape index (κ3) is 2.34. The maximum Gasteiger partial charge on any atom is 0.133 e. The van der Waals surface area contributed by atoms with E-state index in [9.17, 15) is 0 Å². The van der Waals surface area contributed by atoms with Crippen LogP contribution in [-0.4, -0.2) is 11.7 Å². The Bertz CT molecular complexity index is 253. The standard InChI is InChI=1S/C9H16N2O/c1-7-4-8(11-12-7)5-9(2,3)6-10/h4H,5-6,10H2,1-3H3. The molecule has 0 atom stereocenters. The van der Waals surface area contributed by atoms with E-state index >= 15 is 0 Å². The molecule has 3 nitrogen and oxygen atoms in total. The molecule has 1 aromatic rings. The van der Waals surface area contributed by atoms with Crippen LogP contribution >= 0.6 is 0 Å². The Balaban J connectivity index is 2.63. The number of aryl methyl sites for hydroxylation is 1. The van der Waals surface area contributed by atoms with Crippen molar-refractivity contribution in [1.29, 1.82) is 0 Å². The van der Waals surface area contributed by atoms with Gasteiger partial charge in [-0.3, -0.25) is 0 Å². The SMILES string of the molecule is Cc1cc(CC(C)(C)CN)no1. The van der Waals surface area contributed by atoms with Gasteiger partial charge in [0.15, 0.2) is 0 Å². The van der Waals surface area contributed by atoms with E-state index in [-0.39, 0.29) is 5.41 Å². The highest BCUT2D eigenvalue weighted by Gasteiger charge is 2.18. The van der Waals surface area contributed by atoms with Crippen LogP contribution in [0.3, 0.4) is 0 Å². The van der Waals surface area contributed by atoms with Gasteiger partial charge in [0.2, 0.25) is 0 Å². The van der Waals surface area contributed by atoms with Crippen LogP contribution < -0.4 is 5.73 Å². The maximum atomic E-state index is 5.60. The average Bonchev–Trinajstić information content (AvgIpc) is 2.35. The lowest BCUT2D eigenvalue weighted by molar-refractivity contribution is 0.346.